The Bertz CT molecular complexity index is 2710. The average molecular weight is 680 g/mol. The first-order chi connectivity index (χ1) is 25.8. The van der Waals surface area contributed by atoms with Crippen LogP contribution in [-0.2, 0) is 10.8 Å². The van der Waals surface area contributed by atoms with Crippen molar-refractivity contribution >= 4 is 27.8 Å². The number of anilines is 3. The first-order valence-electron chi connectivity index (χ1n) is 18.8. The SMILES string of the molecule is CC1(C)c2cc(-c3ccccc3)ccc2-c2ccc(N(c3ccccc3)c3ccc4c(c3)C(C)(C)c3cc(-c5cccc6ccccc56)ccc3-4)cc21. The molecule has 1 nitrogen and oxygen atoms in total. The van der Waals surface area contributed by atoms with Crippen LogP contribution < -0.4 is 4.90 Å². The molecule has 0 spiro atoms. The largest absolute Gasteiger partial charge is 0.310 e. The summed E-state index contributed by atoms with van der Waals surface area (Å²) in [6, 6.07) is 65.2. The highest BCUT2D eigenvalue weighted by Crippen LogP contribution is 2.54. The molecule has 254 valence electrons. The molecular weight excluding hydrogens is 639 g/mol. The summed E-state index contributed by atoms with van der Waals surface area (Å²) in [7, 11) is 0. The van der Waals surface area contributed by atoms with Gasteiger partial charge in [-0.15, -0.1) is 0 Å². The number of fused-ring (bicyclic) bond motifs is 7. The topological polar surface area (TPSA) is 3.24 Å². The molecule has 0 saturated heterocycles. The van der Waals surface area contributed by atoms with Gasteiger partial charge in [0.1, 0.15) is 0 Å². The minimum Gasteiger partial charge on any atom is -0.310 e. The minimum absolute atomic E-state index is 0.142. The van der Waals surface area contributed by atoms with E-state index >= 15 is 0 Å². The predicted molar refractivity (Wildman–Crippen MR) is 225 cm³/mol. The summed E-state index contributed by atoms with van der Waals surface area (Å²) in [6.07, 6.45) is 0. The number of hydrogen-bond donors (Lipinski definition) is 0. The van der Waals surface area contributed by atoms with E-state index in [1.165, 1.54) is 88.9 Å². The van der Waals surface area contributed by atoms with Gasteiger partial charge in [-0.3, -0.25) is 0 Å². The summed E-state index contributed by atoms with van der Waals surface area (Å²) in [5, 5.41) is 2.57. The third-order valence-corrected chi connectivity index (χ3v) is 12.1. The first-order valence-corrected chi connectivity index (χ1v) is 18.8. The van der Waals surface area contributed by atoms with E-state index in [1.807, 2.05) is 0 Å². The van der Waals surface area contributed by atoms with E-state index in [0.717, 1.165) is 5.69 Å². The van der Waals surface area contributed by atoms with Gasteiger partial charge in [-0.1, -0.05) is 155 Å². The number of nitrogens with zero attached hydrogens (tertiary/aromatic N) is 1. The maximum atomic E-state index is 2.44. The smallest absolute Gasteiger partial charge is 0.0465 e. The van der Waals surface area contributed by atoms with Gasteiger partial charge in [0, 0.05) is 27.9 Å². The van der Waals surface area contributed by atoms with E-state index < -0.39 is 0 Å². The third kappa shape index (κ3) is 4.84. The highest BCUT2D eigenvalue weighted by atomic mass is 15.1. The molecule has 53 heavy (non-hydrogen) atoms. The predicted octanol–water partition coefficient (Wildman–Crippen LogP) is 14.3. The van der Waals surface area contributed by atoms with Gasteiger partial charge < -0.3 is 4.90 Å². The lowest BCUT2D eigenvalue weighted by Gasteiger charge is -2.29. The van der Waals surface area contributed by atoms with Crippen molar-refractivity contribution in [2.45, 2.75) is 38.5 Å². The first kappa shape index (κ1) is 31.5. The Labute approximate surface area is 312 Å². The molecular formula is C52H41N. The lowest BCUT2D eigenvalue weighted by atomic mass is 9.81. The molecule has 2 aliphatic carbocycles. The van der Waals surface area contributed by atoms with Crippen LogP contribution in [0.3, 0.4) is 0 Å². The van der Waals surface area contributed by atoms with E-state index in [4.69, 9.17) is 0 Å². The van der Waals surface area contributed by atoms with E-state index in [-0.39, 0.29) is 10.8 Å². The summed E-state index contributed by atoms with van der Waals surface area (Å²) in [5.74, 6) is 0. The molecule has 2 aliphatic rings. The quantitative estimate of drug-likeness (QED) is 0.175. The lowest BCUT2D eigenvalue weighted by molar-refractivity contribution is 0.660. The van der Waals surface area contributed by atoms with Crippen molar-refractivity contribution in [3.63, 3.8) is 0 Å². The zero-order chi connectivity index (χ0) is 35.9. The second-order valence-electron chi connectivity index (χ2n) is 15.8. The maximum absolute atomic E-state index is 2.44. The van der Waals surface area contributed by atoms with Crippen molar-refractivity contribution in [1.82, 2.24) is 0 Å². The highest BCUT2D eigenvalue weighted by molar-refractivity contribution is 5.98. The fourth-order valence-electron chi connectivity index (χ4n) is 9.21. The standard InChI is InChI=1S/C52H41N/c1-51(2)47-30-36(34-14-7-5-8-15-34)22-26-43(47)45-28-24-39(32-49(45)51)53(38-18-9-6-10-19-38)40-25-29-46-44-27-23-37(31-48(44)52(3,4)50(46)33-40)42-21-13-17-35-16-11-12-20-41(35)42/h5-33H,1-4H3. The second-order valence-corrected chi connectivity index (χ2v) is 15.8. The fraction of sp³-hybridized carbons (Fsp3) is 0.115. The number of hydrogen-bond acceptors (Lipinski definition) is 1. The third-order valence-electron chi connectivity index (χ3n) is 12.1. The molecule has 0 radical (unpaired) electrons. The van der Waals surface area contributed by atoms with Gasteiger partial charge in [0.05, 0.1) is 0 Å². The van der Waals surface area contributed by atoms with Crippen LogP contribution in [0, 0.1) is 0 Å². The Hall–Kier alpha value is -6.18. The van der Waals surface area contributed by atoms with Crippen LogP contribution in [-0.4, -0.2) is 0 Å². The Morgan fingerprint density at radius 3 is 1.42 bits per heavy atom. The normalized spacial score (nSPS) is 14.3. The summed E-state index contributed by atoms with van der Waals surface area (Å²) in [6.45, 7) is 9.54. The molecule has 0 aromatic heterocycles. The number of rotatable bonds is 5. The Balaban J connectivity index is 1.07. The van der Waals surface area contributed by atoms with Crippen molar-refractivity contribution in [3.8, 4) is 44.5 Å². The van der Waals surface area contributed by atoms with Gasteiger partial charge in [-0.05, 0) is 126 Å². The van der Waals surface area contributed by atoms with Crippen LogP contribution in [0.1, 0.15) is 49.9 Å². The Morgan fingerprint density at radius 1 is 0.321 bits per heavy atom. The van der Waals surface area contributed by atoms with Crippen molar-refractivity contribution < 1.29 is 0 Å². The summed E-state index contributed by atoms with van der Waals surface area (Å²) >= 11 is 0. The monoisotopic (exact) mass is 679 g/mol. The minimum atomic E-state index is -0.165. The van der Waals surface area contributed by atoms with Crippen LogP contribution in [0.15, 0.2) is 176 Å². The van der Waals surface area contributed by atoms with Gasteiger partial charge in [-0.25, -0.2) is 0 Å². The molecule has 0 N–H and O–H groups in total. The second kappa shape index (κ2) is 11.7. The molecule has 1 heteroatoms. The molecule has 0 aliphatic heterocycles. The summed E-state index contributed by atoms with van der Waals surface area (Å²) < 4.78 is 0. The molecule has 10 rings (SSSR count). The molecule has 0 amide bonds. The molecule has 0 fully saturated rings. The van der Waals surface area contributed by atoms with E-state index in [0.29, 0.717) is 0 Å². The van der Waals surface area contributed by atoms with Gasteiger partial charge in [0.15, 0.2) is 0 Å². The van der Waals surface area contributed by atoms with Crippen LogP contribution >= 0.6 is 0 Å². The van der Waals surface area contributed by atoms with Crippen molar-refractivity contribution in [3.05, 3.63) is 198 Å². The van der Waals surface area contributed by atoms with Crippen LogP contribution in [0.25, 0.3) is 55.3 Å². The van der Waals surface area contributed by atoms with Crippen LogP contribution in [0.2, 0.25) is 0 Å². The van der Waals surface area contributed by atoms with Crippen molar-refractivity contribution in [2.75, 3.05) is 4.90 Å². The highest BCUT2D eigenvalue weighted by Gasteiger charge is 2.38. The van der Waals surface area contributed by atoms with Crippen LogP contribution in [0.5, 0.6) is 0 Å². The maximum Gasteiger partial charge on any atom is 0.0465 e. The van der Waals surface area contributed by atoms with E-state index in [2.05, 4.69) is 209 Å². The average Bonchev–Trinajstić information content (AvgIpc) is 3.56. The van der Waals surface area contributed by atoms with E-state index in [9.17, 15) is 0 Å². The molecule has 0 saturated carbocycles. The van der Waals surface area contributed by atoms with Crippen LogP contribution in [0.4, 0.5) is 17.1 Å². The van der Waals surface area contributed by atoms with Gasteiger partial charge >= 0.3 is 0 Å². The zero-order valence-electron chi connectivity index (χ0n) is 30.7. The Morgan fingerprint density at radius 2 is 0.792 bits per heavy atom. The number of benzene rings is 8. The molecule has 8 aromatic carbocycles. The van der Waals surface area contributed by atoms with Gasteiger partial charge in [-0.2, -0.15) is 0 Å². The molecule has 0 bridgehead atoms. The van der Waals surface area contributed by atoms with Crippen molar-refractivity contribution in [2.24, 2.45) is 0 Å². The summed E-state index contributed by atoms with van der Waals surface area (Å²) in [4.78, 5) is 2.44. The Kier molecular flexibility index (Phi) is 6.94. The van der Waals surface area contributed by atoms with Gasteiger partial charge in [0.2, 0.25) is 0 Å². The molecule has 8 aromatic rings. The van der Waals surface area contributed by atoms with E-state index in [1.54, 1.807) is 0 Å². The molecule has 0 heterocycles. The van der Waals surface area contributed by atoms with Gasteiger partial charge in [0.25, 0.3) is 0 Å². The number of para-hydroxylation sites is 1. The lowest BCUT2D eigenvalue weighted by Crippen LogP contribution is -2.18. The fourth-order valence-corrected chi connectivity index (χ4v) is 9.21. The summed E-state index contributed by atoms with van der Waals surface area (Å²) in [5.41, 5.74) is 19.1. The van der Waals surface area contributed by atoms with Crippen molar-refractivity contribution in [1.29, 1.82) is 0 Å². The molecule has 0 unspecified atom stereocenters. The molecule has 0 atom stereocenters. The zero-order valence-corrected chi connectivity index (χ0v) is 30.7.